The van der Waals surface area contributed by atoms with Gasteiger partial charge in [0.25, 0.3) is 0 Å². The Morgan fingerprint density at radius 2 is 2.16 bits per heavy atom. The number of carbonyl (C=O) groups is 1. The van der Waals surface area contributed by atoms with Gasteiger partial charge in [-0.1, -0.05) is 6.07 Å². The first-order chi connectivity index (χ1) is 12.1. The minimum absolute atomic E-state index is 0.147. The van der Waals surface area contributed by atoms with Crippen LogP contribution in [0.15, 0.2) is 30.6 Å². The summed E-state index contributed by atoms with van der Waals surface area (Å²) < 4.78 is 16.0. The zero-order valence-electron chi connectivity index (χ0n) is 14.3. The van der Waals surface area contributed by atoms with Crippen LogP contribution in [0.4, 0.5) is 9.18 Å². The SMILES string of the molecule is Cc1nccn1-c1ccc(CNC(=O)N2CCC(CO)CC2)cc1F. The van der Waals surface area contributed by atoms with E-state index in [1.54, 1.807) is 34.0 Å². The zero-order valence-corrected chi connectivity index (χ0v) is 14.3. The van der Waals surface area contributed by atoms with Gasteiger partial charge in [0.05, 0.1) is 5.69 Å². The van der Waals surface area contributed by atoms with Gasteiger partial charge in [-0.25, -0.2) is 14.2 Å². The molecule has 0 atom stereocenters. The van der Waals surface area contributed by atoms with Gasteiger partial charge in [0, 0.05) is 38.6 Å². The van der Waals surface area contributed by atoms with Crippen LogP contribution in [0.25, 0.3) is 5.69 Å². The standard InChI is InChI=1S/C18H23FN4O2/c1-13-20-6-9-23(13)17-3-2-15(10-16(17)19)11-21-18(25)22-7-4-14(12-24)5-8-22/h2-3,6,9-10,14,24H,4-5,7-8,11-12H2,1H3,(H,21,25). The molecule has 1 saturated heterocycles. The van der Waals surface area contributed by atoms with Gasteiger partial charge in [0.1, 0.15) is 11.6 Å². The molecule has 1 aliphatic rings. The first-order valence-electron chi connectivity index (χ1n) is 8.51. The molecule has 7 heteroatoms. The van der Waals surface area contributed by atoms with Crippen molar-refractivity contribution in [3.8, 4) is 5.69 Å². The molecule has 6 nitrogen and oxygen atoms in total. The number of rotatable bonds is 4. The summed E-state index contributed by atoms with van der Waals surface area (Å²) in [5.41, 5.74) is 1.15. The first kappa shape index (κ1) is 17.4. The number of benzene rings is 1. The molecule has 25 heavy (non-hydrogen) atoms. The number of aliphatic hydroxyl groups is 1. The average Bonchev–Trinajstić information content (AvgIpc) is 3.05. The van der Waals surface area contributed by atoms with Crippen LogP contribution in [0.3, 0.4) is 0 Å². The smallest absolute Gasteiger partial charge is 0.317 e. The Kier molecular flexibility index (Phi) is 5.33. The Morgan fingerprint density at radius 3 is 2.76 bits per heavy atom. The van der Waals surface area contributed by atoms with Crippen LogP contribution in [-0.4, -0.2) is 45.3 Å². The Balaban J connectivity index is 1.58. The van der Waals surface area contributed by atoms with E-state index >= 15 is 0 Å². The lowest BCUT2D eigenvalue weighted by molar-refractivity contribution is 0.137. The molecule has 1 aromatic heterocycles. The second kappa shape index (κ2) is 7.65. The molecule has 1 fully saturated rings. The molecule has 2 amide bonds. The third-order valence-electron chi connectivity index (χ3n) is 4.70. The highest BCUT2D eigenvalue weighted by Crippen LogP contribution is 2.18. The van der Waals surface area contributed by atoms with Crippen molar-refractivity contribution in [1.29, 1.82) is 0 Å². The van der Waals surface area contributed by atoms with Crippen LogP contribution in [0.1, 0.15) is 24.2 Å². The van der Waals surface area contributed by atoms with Gasteiger partial charge < -0.3 is 19.9 Å². The van der Waals surface area contributed by atoms with Gasteiger partial charge in [0.2, 0.25) is 0 Å². The average molecular weight is 346 g/mol. The maximum atomic E-state index is 14.4. The summed E-state index contributed by atoms with van der Waals surface area (Å²) in [5, 5.41) is 12.0. The lowest BCUT2D eigenvalue weighted by Crippen LogP contribution is -2.44. The molecular formula is C18H23FN4O2. The Labute approximate surface area is 146 Å². The number of aryl methyl sites for hydroxylation is 1. The van der Waals surface area contributed by atoms with Crippen molar-refractivity contribution in [3.63, 3.8) is 0 Å². The van der Waals surface area contributed by atoms with E-state index in [2.05, 4.69) is 10.3 Å². The predicted molar refractivity (Wildman–Crippen MR) is 91.9 cm³/mol. The van der Waals surface area contributed by atoms with E-state index in [4.69, 9.17) is 5.11 Å². The number of imidazole rings is 1. The number of hydrogen-bond donors (Lipinski definition) is 2. The second-order valence-corrected chi connectivity index (χ2v) is 6.40. The van der Waals surface area contributed by atoms with Gasteiger partial charge in [-0.2, -0.15) is 0 Å². The van der Waals surface area contributed by atoms with Gasteiger partial charge in [0.15, 0.2) is 0 Å². The number of urea groups is 1. The van der Waals surface area contributed by atoms with Crippen LogP contribution in [0, 0.1) is 18.7 Å². The van der Waals surface area contributed by atoms with Crippen molar-refractivity contribution in [1.82, 2.24) is 19.8 Å². The number of aliphatic hydroxyl groups excluding tert-OH is 1. The van der Waals surface area contributed by atoms with E-state index < -0.39 is 0 Å². The number of amides is 2. The maximum Gasteiger partial charge on any atom is 0.317 e. The third-order valence-corrected chi connectivity index (χ3v) is 4.70. The molecule has 0 saturated carbocycles. The highest BCUT2D eigenvalue weighted by atomic mass is 19.1. The van der Waals surface area contributed by atoms with Crippen molar-refractivity contribution >= 4 is 6.03 Å². The van der Waals surface area contributed by atoms with E-state index in [-0.39, 0.29) is 30.9 Å². The molecule has 2 aromatic rings. The fourth-order valence-electron chi connectivity index (χ4n) is 3.10. The number of nitrogens with one attached hydrogen (secondary N) is 1. The third kappa shape index (κ3) is 3.99. The molecule has 0 spiro atoms. The highest BCUT2D eigenvalue weighted by Gasteiger charge is 2.22. The lowest BCUT2D eigenvalue weighted by Gasteiger charge is -2.31. The van der Waals surface area contributed by atoms with Crippen molar-refractivity contribution in [2.75, 3.05) is 19.7 Å². The van der Waals surface area contributed by atoms with Crippen LogP contribution in [0.5, 0.6) is 0 Å². The Hall–Kier alpha value is -2.41. The van der Waals surface area contributed by atoms with Gasteiger partial charge in [-0.05, 0) is 43.4 Å². The Morgan fingerprint density at radius 1 is 1.40 bits per heavy atom. The molecule has 0 radical (unpaired) electrons. The van der Waals surface area contributed by atoms with Gasteiger partial charge >= 0.3 is 6.03 Å². The molecule has 0 aliphatic carbocycles. The number of halogens is 1. The molecule has 0 bridgehead atoms. The quantitative estimate of drug-likeness (QED) is 0.892. The summed E-state index contributed by atoms with van der Waals surface area (Å²) in [6, 6.07) is 4.79. The number of nitrogens with zero attached hydrogens (tertiary/aromatic N) is 3. The number of hydrogen-bond acceptors (Lipinski definition) is 3. The number of likely N-dealkylation sites (tertiary alicyclic amines) is 1. The fraction of sp³-hybridized carbons (Fsp3) is 0.444. The molecule has 3 rings (SSSR count). The summed E-state index contributed by atoms with van der Waals surface area (Å²) in [7, 11) is 0. The van der Waals surface area contributed by atoms with Crippen LogP contribution in [0.2, 0.25) is 0 Å². The first-order valence-corrected chi connectivity index (χ1v) is 8.51. The molecule has 134 valence electrons. The minimum atomic E-state index is -0.350. The van der Waals surface area contributed by atoms with Crippen LogP contribution in [-0.2, 0) is 6.54 Å². The summed E-state index contributed by atoms with van der Waals surface area (Å²) in [6.07, 6.45) is 4.98. The summed E-state index contributed by atoms with van der Waals surface area (Å²) >= 11 is 0. The lowest BCUT2D eigenvalue weighted by atomic mass is 9.98. The fourth-order valence-corrected chi connectivity index (χ4v) is 3.10. The monoisotopic (exact) mass is 346 g/mol. The minimum Gasteiger partial charge on any atom is -0.396 e. The molecule has 2 heterocycles. The van der Waals surface area contributed by atoms with Crippen molar-refractivity contribution in [3.05, 3.63) is 47.8 Å². The number of carbonyl (C=O) groups excluding carboxylic acids is 1. The van der Waals surface area contributed by atoms with E-state index in [9.17, 15) is 9.18 Å². The molecule has 0 unspecified atom stereocenters. The molecule has 2 N–H and O–H groups in total. The topological polar surface area (TPSA) is 70.4 Å². The number of aromatic nitrogens is 2. The van der Waals surface area contributed by atoms with Crippen molar-refractivity contribution in [2.24, 2.45) is 5.92 Å². The second-order valence-electron chi connectivity index (χ2n) is 6.40. The largest absolute Gasteiger partial charge is 0.396 e. The predicted octanol–water partition coefficient (Wildman–Crippen LogP) is 2.23. The summed E-state index contributed by atoms with van der Waals surface area (Å²) in [5.74, 6) is 0.653. The van der Waals surface area contributed by atoms with E-state index in [1.807, 2.05) is 6.92 Å². The van der Waals surface area contributed by atoms with Crippen molar-refractivity contribution in [2.45, 2.75) is 26.3 Å². The van der Waals surface area contributed by atoms with Gasteiger partial charge in [-0.3, -0.25) is 0 Å². The highest BCUT2D eigenvalue weighted by molar-refractivity contribution is 5.74. The van der Waals surface area contributed by atoms with E-state index in [1.165, 1.54) is 6.07 Å². The molecule has 1 aliphatic heterocycles. The Bertz CT molecular complexity index is 738. The van der Waals surface area contributed by atoms with Gasteiger partial charge in [-0.15, -0.1) is 0 Å². The van der Waals surface area contributed by atoms with E-state index in [0.29, 0.717) is 30.2 Å². The number of piperidine rings is 1. The van der Waals surface area contributed by atoms with Crippen LogP contribution < -0.4 is 5.32 Å². The molecular weight excluding hydrogens is 323 g/mol. The zero-order chi connectivity index (χ0) is 17.8. The maximum absolute atomic E-state index is 14.4. The summed E-state index contributed by atoms with van der Waals surface area (Å²) in [6.45, 7) is 3.55. The van der Waals surface area contributed by atoms with E-state index in [0.717, 1.165) is 12.8 Å². The van der Waals surface area contributed by atoms with Crippen LogP contribution >= 0.6 is 0 Å². The molecule has 1 aromatic carbocycles. The van der Waals surface area contributed by atoms with Crippen molar-refractivity contribution < 1.29 is 14.3 Å². The normalized spacial score (nSPS) is 15.4. The summed E-state index contributed by atoms with van der Waals surface area (Å²) in [4.78, 5) is 18.0.